The molecular formula is C16H19N5O2. The first-order chi connectivity index (χ1) is 11.0. The fourth-order valence-electron chi connectivity index (χ4n) is 1.99. The van der Waals surface area contributed by atoms with Gasteiger partial charge in [0.1, 0.15) is 12.1 Å². The van der Waals surface area contributed by atoms with E-state index in [1.807, 2.05) is 13.8 Å². The van der Waals surface area contributed by atoms with Gasteiger partial charge in [-0.3, -0.25) is 14.2 Å². The van der Waals surface area contributed by atoms with Gasteiger partial charge in [0, 0.05) is 25.5 Å². The number of nitrogens with zero attached hydrogens (tertiary/aromatic N) is 4. The zero-order chi connectivity index (χ0) is 16.8. The predicted octanol–water partition coefficient (Wildman–Crippen LogP) is 1.63. The van der Waals surface area contributed by atoms with Crippen LogP contribution in [-0.2, 0) is 9.59 Å². The highest BCUT2D eigenvalue weighted by Gasteiger charge is 2.20. The first-order valence-electron chi connectivity index (χ1n) is 7.20. The van der Waals surface area contributed by atoms with E-state index >= 15 is 0 Å². The molecule has 2 rings (SSSR count). The summed E-state index contributed by atoms with van der Waals surface area (Å²) in [6, 6.07) is 3.41. The lowest BCUT2D eigenvalue weighted by Gasteiger charge is -2.20. The van der Waals surface area contributed by atoms with Gasteiger partial charge < -0.3 is 10.2 Å². The van der Waals surface area contributed by atoms with E-state index in [1.165, 1.54) is 11.1 Å². The van der Waals surface area contributed by atoms with Crippen LogP contribution in [0.2, 0.25) is 0 Å². The molecule has 0 spiro atoms. The third kappa shape index (κ3) is 4.26. The molecule has 1 N–H and O–H groups in total. The van der Waals surface area contributed by atoms with Crippen molar-refractivity contribution in [2.45, 2.75) is 13.8 Å². The minimum absolute atomic E-state index is 0.362. The highest BCUT2D eigenvalue weighted by atomic mass is 16.2. The Morgan fingerprint density at radius 1 is 1.39 bits per heavy atom. The fraction of sp³-hybridized carbons (Fsp3) is 0.250. The van der Waals surface area contributed by atoms with Crippen molar-refractivity contribution in [1.29, 1.82) is 0 Å². The van der Waals surface area contributed by atoms with Gasteiger partial charge in [-0.05, 0) is 26.0 Å². The number of likely N-dealkylation sites (N-methyl/N-ethyl adjacent to an activating group) is 1. The smallest absolute Gasteiger partial charge is 0.313 e. The molecule has 120 valence electrons. The summed E-state index contributed by atoms with van der Waals surface area (Å²) in [5, 5.41) is 2.56. The van der Waals surface area contributed by atoms with E-state index in [9.17, 15) is 9.59 Å². The zero-order valence-electron chi connectivity index (χ0n) is 13.2. The molecule has 0 saturated carbocycles. The number of rotatable bonds is 5. The number of aromatic nitrogens is 3. The summed E-state index contributed by atoms with van der Waals surface area (Å²) in [6.45, 7) is 8.19. The normalized spacial score (nSPS) is 10.2. The highest BCUT2D eigenvalue weighted by Crippen LogP contribution is 2.10. The molecule has 0 saturated heterocycles. The summed E-state index contributed by atoms with van der Waals surface area (Å²) in [5.41, 5.74) is 1.28. The molecule has 0 unspecified atom stereocenters. The van der Waals surface area contributed by atoms with E-state index in [1.54, 1.807) is 35.4 Å². The van der Waals surface area contributed by atoms with Crippen LogP contribution < -0.4 is 5.32 Å². The van der Waals surface area contributed by atoms with Gasteiger partial charge in [0.25, 0.3) is 0 Å². The Balaban J connectivity index is 2.02. The van der Waals surface area contributed by atoms with Crippen molar-refractivity contribution in [1.82, 2.24) is 19.4 Å². The first-order valence-corrected chi connectivity index (χ1v) is 7.20. The molecule has 0 bridgehead atoms. The topological polar surface area (TPSA) is 80.1 Å². The van der Waals surface area contributed by atoms with Crippen LogP contribution in [0.3, 0.4) is 0 Å². The highest BCUT2D eigenvalue weighted by molar-refractivity contribution is 6.39. The molecule has 0 aliphatic rings. The quantitative estimate of drug-likeness (QED) is 0.672. The molecule has 2 amide bonds. The van der Waals surface area contributed by atoms with Gasteiger partial charge in [0.2, 0.25) is 0 Å². The average molecular weight is 313 g/mol. The third-order valence-corrected chi connectivity index (χ3v) is 3.10. The molecule has 0 aromatic carbocycles. The van der Waals surface area contributed by atoms with E-state index in [0.29, 0.717) is 24.6 Å². The lowest BCUT2D eigenvalue weighted by Crippen LogP contribution is -2.40. The molecule has 0 fully saturated rings. The van der Waals surface area contributed by atoms with Crippen LogP contribution in [0.15, 0.2) is 49.2 Å². The molecule has 7 heteroatoms. The largest absolute Gasteiger partial charge is 0.331 e. The number of pyridine rings is 1. The van der Waals surface area contributed by atoms with E-state index in [4.69, 9.17) is 0 Å². The molecule has 2 aromatic rings. The Bertz CT molecular complexity index is 692. The molecule has 2 heterocycles. The van der Waals surface area contributed by atoms with Gasteiger partial charge in [-0.25, -0.2) is 9.97 Å². The molecule has 0 aliphatic heterocycles. The van der Waals surface area contributed by atoms with Crippen LogP contribution in [0.4, 0.5) is 5.69 Å². The second-order valence-electron chi connectivity index (χ2n) is 5.11. The Labute approximate surface area is 134 Å². The first kappa shape index (κ1) is 16.4. The summed E-state index contributed by atoms with van der Waals surface area (Å²) in [6.07, 6.45) is 6.54. The number of hydrogen-bond acceptors (Lipinski definition) is 4. The fourth-order valence-corrected chi connectivity index (χ4v) is 1.99. The number of carbonyl (C=O) groups excluding carboxylic acids is 2. The summed E-state index contributed by atoms with van der Waals surface area (Å²) in [5.74, 6) is -0.608. The minimum atomic E-state index is -0.690. The third-order valence-electron chi connectivity index (χ3n) is 3.10. The lowest BCUT2D eigenvalue weighted by atomic mass is 10.3. The number of imidazole rings is 1. The maximum Gasteiger partial charge on any atom is 0.313 e. The number of anilines is 1. The SMILES string of the molecule is C=C(C)CN(CC)C(=O)C(=O)Nc1ccc(-n2ccnc2)nc1. The monoisotopic (exact) mass is 313 g/mol. The van der Waals surface area contributed by atoms with Crippen molar-refractivity contribution in [3.05, 3.63) is 49.2 Å². The van der Waals surface area contributed by atoms with Gasteiger partial charge >= 0.3 is 11.8 Å². The van der Waals surface area contributed by atoms with Crippen LogP contribution in [-0.4, -0.2) is 44.3 Å². The molecule has 7 nitrogen and oxygen atoms in total. The van der Waals surface area contributed by atoms with Crippen molar-refractivity contribution < 1.29 is 9.59 Å². The van der Waals surface area contributed by atoms with Gasteiger partial charge in [-0.1, -0.05) is 12.2 Å². The molecule has 23 heavy (non-hydrogen) atoms. The van der Waals surface area contributed by atoms with E-state index in [-0.39, 0.29) is 0 Å². The summed E-state index contributed by atoms with van der Waals surface area (Å²) in [4.78, 5) is 33.7. The van der Waals surface area contributed by atoms with Crippen molar-refractivity contribution in [3.63, 3.8) is 0 Å². The van der Waals surface area contributed by atoms with Crippen molar-refractivity contribution >= 4 is 17.5 Å². The Morgan fingerprint density at radius 2 is 2.17 bits per heavy atom. The second-order valence-corrected chi connectivity index (χ2v) is 5.11. The van der Waals surface area contributed by atoms with E-state index in [0.717, 1.165) is 5.57 Å². The van der Waals surface area contributed by atoms with Crippen LogP contribution in [0.1, 0.15) is 13.8 Å². The summed E-state index contributed by atoms with van der Waals surface area (Å²) in [7, 11) is 0. The van der Waals surface area contributed by atoms with Crippen LogP contribution in [0.25, 0.3) is 5.82 Å². The minimum Gasteiger partial charge on any atom is -0.331 e. The van der Waals surface area contributed by atoms with Crippen LogP contribution in [0, 0.1) is 0 Å². The van der Waals surface area contributed by atoms with Crippen molar-refractivity contribution in [3.8, 4) is 5.82 Å². The Hall–Kier alpha value is -2.96. The standard InChI is InChI=1S/C16H19N5O2/c1-4-20(10-12(2)3)16(23)15(22)19-13-5-6-14(18-9-13)21-8-7-17-11-21/h5-9,11H,2,4,10H2,1,3H3,(H,19,22). The Morgan fingerprint density at radius 3 is 2.70 bits per heavy atom. The molecule has 0 atom stereocenters. The summed E-state index contributed by atoms with van der Waals surface area (Å²) < 4.78 is 1.74. The lowest BCUT2D eigenvalue weighted by molar-refractivity contribution is -0.142. The number of carbonyl (C=O) groups is 2. The van der Waals surface area contributed by atoms with Gasteiger partial charge in [0.15, 0.2) is 0 Å². The van der Waals surface area contributed by atoms with Gasteiger partial charge in [0.05, 0.1) is 11.9 Å². The maximum atomic E-state index is 12.1. The summed E-state index contributed by atoms with van der Waals surface area (Å²) >= 11 is 0. The number of amides is 2. The van der Waals surface area contributed by atoms with Crippen LogP contribution in [0.5, 0.6) is 0 Å². The molecular weight excluding hydrogens is 294 g/mol. The zero-order valence-corrected chi connectivity index (χ0v) is 13.2. The maximum absolute atomic E-state index is 12.1. The Kier molecular flexibility index (Phi) is 5.24. The number of nitrogens with one attached hydrogen (secondary N) is 1. The van der Waals surface area contributed by atoms with Crippen molar-refractivity contribution in [2.24, 2.45) is 0 Å². The van der Waals surface area contributed by atoms with Gasteiger partial charge in [-0.2, -0.15) is 0 Å². The van der Waals surface area contributed by atoms with Crippen molar-refractivity contribution in [2.75, 3.05) is 18.4 Å². The molecule has 2 aromatic heterocycles. The van der Waals surface area contributed by atoms with Crippen LogP contribution >= 0.6 is 0 Å². The average Bonchev–Trinajstić information content (AvgIpc) is 3.06. The van der Waals surface area contributed by atoms with E-state index < -0.39 is 11.8 Å². The number of hydrogen-bond donors (Lipinski definition) is 1. The molecule has 0 radical (unpaired) electrons. The van der Waals surface area contributed by atoms with Gasteiger partial charge in [-0.15, -0.1) is 0 Å². The second kappa shape index (κ2) is 7.35. The van der Waals surface area contributed by atoms with E-state index in [2.05, 4.69) is 21.9 Å². The predicted molar refractivity (Wildman–Crippen MR) is 87.1 cm³/mol. The molecule has 0 aliphatic carbocycles.